The van der Waals surface area contributed by atoms with Gasteiger partial charge in [-0.15, -0.1) is 0 Å². The van der Waals surface area contributed by atoms with Gasteiger partial charge in [-0.25, -0.2) is 0 Å². The standard InChI is InChI=1S/C12H12BrCl2NO/c13-9-5-12(17)16(7-9)2-1-8-3-10(14)6-11(15)4-8/h3-4,6,9H,1-2,5,7H2. The van der Waals surface area contributed by atoms with E-state index in [2.05, 4.69) is 15.9 Å². The van der Waals surface area contributed by atoms with Crippen LogP contribution in [0.5, 0.6) is 0 Å². The van der Waals surface area contributed by atoms with E-state index in [-0.39, 0.29) is 10.7 Å². The Kier molecular flexibility index (Phi) is 4.34. The summed E-state index contributed by atoms with van der Waals surface area (Å²) in [5.74, 6) is 0.208. The summed E-state index contributed by atoms with van der Waals surface area (Å²) < 4.78 is 0. The quantitative estimate of drug-likeness (QED) is 0.773. The fourth-order valence-corrected chi connectivity index (χ4v) is 3.16. The lowest BCUT2D eigenvalue weighted by Gasteiger charge is -2.15. The maximum absolute atomic E-state index is 11.6. The Morgan fingerprint density at radius 3 is 2.47 bits per heavy atom. The van der Waals surface area contributed by atoms with Gasteiger partial charge in [-0.1, -0.05) is 39.1 Å². The molecule has 1 aliphatic heterocycles. The Morgan fingerprint density at radius 2 is 1.94 bits per heavy atom. The zero-order valence-corrected chi connectivity index (χ0v) is 12.2. The Labute approximate surface area is 119 Å². The third-order valence-corrected chi connectivity index (χ3v) is 3.81. The van der Waals surface area contributed by atoms with Crippen LogP contribution in [0, 0.1) is 0 Å². The van der Waals surface area contributed by atoms with E-state index in [1.54, 1.807) is 6.07 Å². The molecule has 0 N–H and O–H groups in total. The molecular formula is C12H12BrCl2NO. The van der Waals surface area contributed by atoms with Gasteiger partial charge in [0.2, 0.25) is 5.91 Å². The molecule has 5 heteroatoms. The second kappa shape index (κ2) is 5.59. The van der Waals surface area contributed by atoms with E-state index in [0.29, 0.717) is 16.5 Å². The maximum atomic E-state index is 11.6. The number of nitrogens with zero attached hydrogens (tertiary/aromatic N) is 1. The maximum Gasteiger partial charge on any atom is 0.223 e. The van der Waals surface area contributed by atoms with Crippen LogP contribution in [0.1, 0.15) is 12.0 Å². The van der Waals surface area contributed by atoms with Crippen molar-refractivity contribution in [2.45, 2.75) is 17.7 Å². The SMILES string of the molecule is O=C1CC(Br)CN1CCc1cc(Cl)cc(Cl)c1. The molecule has 92 valence electrons. The van der Waals surface area contributed by atoms with Crippen LogP contribution in [-0.2, 0) is 11.2 Å². The fourth-order valence-electron chi connectivity index (χ4n) is 1.96. The van der Waals surface area contributed by atoms with Gasteiger partial charge in [0.1, 0.15) is 0 Å². The van der Waals surface area contributed by atoms with Crippen LogP contribution < -0.4 is 0 Å². The predicted octanol–water partition coefficient (Wildman–Crippen LogP) is 3.53. The third-order valence-electron chi connectivity index (χ3n) is 2.76. The molecule has 1 aromatic rings. The first-order chi connectivity index (χ1) is 8.04. The first kappa shape index (κ1) is 13.2. The van der Waals surface area contributed by atoms with Crippen molar-refractivity contribution >= 4 is 45.0 Å². The molecule has 1 aromatic carbocycles. The highest BCUT2D eigenvalue weighted by Crippen LogP contribution is 2.21. The number of likely N-dealkylation sites (tertiary alicyclic amines) is 1. The lowest BCUT2D eigenvalue weighted by Crippen LogP contribution is -2.27. The van der Waals surface area contributed by atoms with E-state index in [4.69, 9.17) is 23.2 Å². The lowest BCUT2D eigenvalue weighted by atomic mass is 10.1. The number of hydrogen-bond acceptors (Lipinski definition) is 1. The van der Waals surface area contributed by atoms with Gasteiger partial charge in [-0.3, -0.25) is 4.79 Å². The first-order valence-electron chi connectivity index (χ1n) is 5.41. The molecule has 1 fully saturated rings. The van der Waals surface area contributed by atoms with Crippen LogP contribution in [0.15, 0.2) is 18.2 Å². The second-order valence-electron chi connectivity index (χ2n) is 4.17. The predicted molar refractivity (Wildman–Crippen MR) is 74.1 cm³/mol. The van der Waals surface area contributed by atoms with Crippen LogP contribution in [0.2, 0.25) is 10.0 Å². The Bertz CT molecular complexity index is 418. The van der Waals surface area contributed by atoms with Crippen molar-refractivity contribution in [1.29, 1.82) is 0 Å². The monoisotopic (exact) mass is 335 g/mol. The number of rotatable bonds is 3. The Hall–Kier alpha value is -0.250. The minimum atomic E-state index is 0.208. The molecule has 1 unspecified atom stereocenters. The van der Waals surface area contributed by atoms with E-state index in [1.807, 2.05) is 17.0 Å². The van der Waals surface area contributed by atoms with Gasteiger partial charge in [0.15, 0.2) is 0 Å². The van der Waals surface area contributed by atoms with Crippen LogP contribution >= 0.6 is 39.1 Å². The molecule has 2 nitrogen and oxygen atoms in total. The highest BCUT2D eigenvalue weighted by molar-refractivity contribution is 9.09. The average Bonchev–Trinajstić information content (AvgIpc) is 2.53. The zero-order chi connectivity index (χ0) is 12.4. The number of carbonyl (C=O) groups excluding carboxylic acids is 1. The molecule has 0 aromatic heterocycles. The van der Waals surface area contributed by atoms with Crippen LogP contribution in [0.25, 0.3) is 0 Å². The summed E-state index contributed by atoms with van der Waals surface area (Å²) in [5, 5.41) is 1.28. The molecule has 0 radical (unpaired) electrons. The zero-order valence-electron chi connectivity index (χ0n) is 9.13. The normalized spacial score (nSPS) is 20.1. The summed E-state index contributed by atoms with van der Waals surface area (Å²) >= 11 is 15.3. The van der Waals surface area contributed by atoms with Crippen molar-refractivity contribution in [3.05, 3.63) is 33.8 Å². The molecule has 1 atom stereocenters. The van der Waals surface area contributed by atoms with Gasteiger partial charge in [0, 0.05) is 34.4 Å². The Balaban J connectivity index is 1.96. The molecule has 2 rings (SSSR count). The summed E-state index contributed by atoms with van der Waals surface area (Å²) in [4.78, 5) is 13.7. The third kappa shape index (κ3) is 3.60. The molecule has 0 spiro atoms. The molecule has 0 saturated carbocycles. The lowest BCUT2D eigenvalue weighted by molar-refractivity contribution is -0.127. The van der Waals surface area contributed by atoms with E-state index in [0.717, 1.165) is 25.1 Å². The summed E-state index contributed by atoms with van der Waals surface area (Å²) in [6.07, 6.45) is 1.38. The van der Waals surface area contributed by atoms with Crippen LogP contribution in [0.4, 0.5) is 0 Å². The topological polar surface area (TPSA) is 20.3 Å². The number of hydrogen-bond donors (Lipinski definition) is 0. The second-order valence-corrected chi connectivity index (χ2v) is 6.34. The summed E-state index contributed by atoms with van der Waals surface area (Å²) in [6, 6.07) is 5.49. The minimum Gasteiger partial charge on any atom is -0.341 e. The summed E-state index contributed by atoms with van der Waals surface area (Å²) in [5.41, 5.74) is 1.06. The van der Waals surface area contributed by atoms with E-state index >= 15 is 0 Å². The Morgan fingerprint density at radius 1 is 1.29 bits per heavy atom. The van der Waals surface area contributed by atoms with Crippen molar-refractivity contribution in [1.82, 2.24) is 4.90 Å². The highest BCUT2D eigenvalue weighted by Gasteiger charge is 2.26. The minimum absolute atomic E-state index is 0.208. The van der Waals surface area contributed by atoms with Crippen molar-refractivity contribution in [3.8, 4) is 0 Å². The van der Waals surface area contributed by atoms with E-state index in [1.165, 1.54) is 0 Å². The van der Waals surface area contributed by atoms with Gasteiger partial charge in [0.25, 0.3) is 0 Å². The molecule has 1 saturated heterocycles. The average molecular weight is 337 g/mol. The smallest absolute Gasteiger partial charge is 0.223 e. The van der Waals surface area contributed by atoms with Gasteiger partial charge in [-0.2, -0.15) is 0 Å². The molecule has 0 bridgehead atoms. The number of alkyl halides is 1. The first-order valence-corrected chi connectivity index (χ1v) is 7.08. The number of carbonyl (C=O) groups is 1. The van der Waals surface area contributed by atoms with Crippen LogP contribution in [0.3, 0.4) is 0 Å². The van der Waals surface area contributed by atoms with Crippen LogP contribution in [-0.4, -0.2) is 28.7 Å². The largest absolute Gasteiger partial charge is 0.341 e. The van der Waals surface area contributed by atoms with Crippen molar-refractivity contribution in [2.24, 2.45) is 0 Å². The molecule has 1 heterocycles. The molecule has 0 aliphatic carbocycles. The molecular weight excluding hydrogens is 325 g/mol. The highest BCUT2D eigenvalue weighted by atomic mass is 79.9. The number of amides is 1. The molecule has 1 amide bonds. The number of halogens is 3. The molecule has 17 heavy (non-hydrogen) atoms. The van der Waals surface area contributed by atoms with E-state index < -0.39 is 0 Å². The fraction of sp³-hybridized carbons (Fsp3) is 0.417. The van der Waals surface area contributed by atoms with E-state index in [9.17, 15) is 4.79 Å². The van der Waals surface area contributed by atoms with Crippen molar-refractivity contribution in [3.63, 3.8) is 0 Å². The van der Waals surface area contributed by atoms with Gasteiger partial charge < -0.3 is 4.90 Å². The summed E-state index contributed by atoms with van der Waals surface area (Å²) in [6.45, 7) is 1.50. The van der Waals surface area contributed by atoms with Gasteiger partial charge in [0.05, 0.1) is 0 Å². The molecule has 1 aliphatic rings. The number of benzene rings is 1. The van der Waals surface area contributed by atoms with Crippen molar-refractivity contribution < 1.29 is 4.79 Å². The van der Waals surface area contributed by atoms with Gasteiger partial charge in [-0.05, 0) is 30.2 Å². The van der Waals surface area contributed by atoms with Crippen molar-refractivity contribution in [2.75, 3.05) is 13.1 Å². The summed E-state index contributed by atoms with van der Waals surface area (Å²) in [7, 11) is 0. The van der Waals surface area contributed by atoms with Gasteiger partial charge >= 0.3 is 0 Å².